The number of anilines is 1. The van der Waals surface area contributed by atoms with E-state index >= 15 is 0 Å². The first-order valence-electron chi connectivity index (χ1n) is 10.9. The average Bonchev–Trinajstić information content (AvgIpc) is 3.29. The van der Waals surface area contributed by atoms with E-state index in [9.17, 15) is 14.7 Å². The molecule has 1 aromatic carbocycles. The number of rotatable bonds is 1. The van der Waals surface area contributed by atoms with Crippen molar-refractivity contribution in [1.29, 1.82) is 0 Å². The Morgan fingerprint density at radius 3 is 2.63 bits per heavy atom. The molecule has 30 heavy (non-hydrogen) atoms. The number of aliphatic hydroxyl groups is 1. The summed E-state index contributed by atoms with van der Waals surface area (Å²) in [5.74, 6) is -0.634. The Morgan fingerprint density at radius 1 is 1.07 bits per heavy atom. The summed E-state index contributed by atoms with van der Waals surface area (Å²) < 4.78 is 10.4. The Hall–Kier alpha value is -2.12. The second kappa shape index (κ2) is 5.56. The summed E-state index contributed by atoms with van der Waals surface area (Å²) in [5, 5.41) is 12.3. The molecule has 1 aromatic rings. The zero-order chi connectivity index (χ0) is 20.9. The molecule has 6 aliphatic rings. The minimum Gasteiger partial charge on any atom is -0.467 e. The van der Waals surface area contributed by atoms with Crippen LogP contribution in [0.1, 0.15) is 44.1 Å². The molecule has 160 valence electrons. The third-order valence-electron chi connectivity index (χ3n) is 9.23. The van der Waals surface area contributed by atoms with Gasteiger partial charge in [0.2, 0.25) is 0 Å². The summed E-state index contributed by atoms with van der Waals surface area (Å²) in [6.07, 6.45) is 4.12. The maximum atomic E-state index is 13.3. The van der Waals surface area contributed by atoms with Crippen LogP contribution in [0.15, 0.2) is 24.3 Å². The first kappa shape index (κ1) is 18.6. The molecule has 5 fully saturated rings. The lowest BCUT2D eigenvalue weighted by atomic mass is 9.37. The second-order valence-electron chi connectivity index (χ2n) is 9.84. The van der Waals surface area contributed by atoms with E-state index in [-0.39, 0.29) is 11.5 Å². The van der Waals surface area contributed by atoms with Gasteiger partial charge in [-0.15, -0.1) is 0 Å². The van der Waals surface area contributed by atoms with Gasteiger partial charge in [0.25, 0.3) is 0 Å². The van der Waals surface area contributed by atoms with E-state index in [1.807, 2.05) is 18.2 Å². The van der Waals surface area contributed by atoms with Crippen molar-refractivity contribution in [2.24, 2.45) is 5.41 Å². The number of amides is 1. The van der Waals surface area contributed by atoms with Gasteiger partial charge in [0, 0.05) is 11.5 Å². The molecule has 0 aromatic heterocycles. The van der Waals surface area contributed by atoms with E-state index < -0.39 is 28.6 Å². The molecule has 3 aliphatic carbocycles. The van der Waals surface area contributed by atoms with Crippen LogP contribution in [0.5, 0.6) is 0 Å². The molecule has 7 nitrogen and oxygen atoms in total. The van der Waals surface area contributed by atoms with Crippen LogP contribution >= 0.6 is 0 Å². The molecule has 3 unspecified atom stereocenters. The van der Waals surface area contributed by atoms with E-state index in [2.05, 4.69) is 11.0 Å². The van der Waals surface area contributed by atoms with Gasteiger partial charge in [-0.25, -0.2) is 9.59 Å². The number of carbonyl (C=O) groups excluding carboxylic acids is 2. The Labute approximate surface area is 175 Å². The van der Waals surface area contributed by atoms with Crippen LogP contribution in [-0.2, 0) is 19.7 Å². The van der Waals surface area contributed by atoms with Crippen molar-refractivity contribution in [3.8, 4) is 0 Å². The highest BCUT2D eigenvalue weighted by molar-refractivity contribution is 5.99. The summed E-state index contributed by atoms with van der Waals surface area (Å²) in [7, 11) is 2.69. The maximum Gasteiger partial charge on any atom is 0.414 e. The van der Waals surface area contributed by atoms with Crippen LogP contribution in [0, 0.1) is 5.41 Å². The maximum absolute atomic E-state index is 13.3. The highest BCUT2D eigenvalue weighted by Crippen LogP contribution is 2.76. The predicted octanol–water partition coefficient (Wildman–Crippen LogP) is 2.21. The molecular weight excluding hydrogens is 384 g/mol. The van der Waals surface area contributed by atoms with Crippen molar-refractivity contribution in [2.45, 2.75) is 61.1 Å². The van der Waals surface area contributed by atoms with Gasteiger partial charge in [0.1, 0.15) is 5.54 Å². The van der Waals surface area contributed by atoms with Gasteiger partial charge in [-0.05, 0) is 68.7 Å². The highest BCUT2D eigenvalue weighted by Gasteiger charge is 2.86. The van der Waals surface area contributed by atoms with Crippen molar-refractivity contribution in [2.75, 3.05) is 32.2 Å². The van der Waals surface area contributed by atoms with Crippen LogP contribution in [0.3, 0.4) is 0 Å². The van der Waals surface area contributed by atoms with Crippen LogP contribution < -0.4 is 4.90 Å². The number of carbonyl (C=O) groups is 2. The number of nitrogens with zero attached hydrogens (tertiary/aromatic N) is 2. The van der Waals surface area contributed by atoms with Gasteiger partial charge in [-0.1, -0.05) is 18.2 Å². The number of methoxy groups -OCH3 is 2. The molecule has 3 spiro atoms. The molecule has 2 bridgehead atoms. The molecule has 3 saturated carbocycles. The first-order chi connectivity index (χ1) is 14.4. The number of benzene rings is 1. The molecule has 2 saturated heterocycles. The molecular formula is C23H28N2O5. The van der Waals surface area contributed by atoms with Crippen molar-refractivity contribution >= 4 is 17.7 Å². The number of hydrogen-bond acceptors (Lipinski definition) is 6. The quantitative estimate of drug-likeness (QED) is 0.713. The van der Waals surface area contributed by atoms with Crippen molar-refractivity contribution in [1.82, 2.24) is 4.90 Å². The summed E-state index contributed by atoms with van der Waals surface area (Å²) in [4.78, 5) is 30.8. The summed E-state index contributed by atoms with van der Waals surface area (Å²) in [6.45, 7) is 1.94. The Kier molecular flexibility index (Phi) is 3.46. The lowest BCUT2D eigenvalue weighted by molar-refractivity contribution is -0.227. The summed E-state index contributed by atoms with van der Waals surface area (Å²) in [6, 6.07) is 8.13. The van der Waals surface area contributed by atoms with E-state index in [4.69, 9.17) is 9.47 Å². The number of para-hydroxylation sites is 1. The van der Waals surface area contributed by atoms with Crippen molar-refractivity contribution < 1.29 is 24.2 Å². The number of piperidine rings is 1. The Morgan fingerprint density at radius 2 is 1.87 bits per heavy atom. The third-order valence-corrected chi connectivity index (χ3v) is 9.23. The van der Waals surface area contributed by atoms with Gasteiger partial charge >= 0.3 is 12.1 Å². The third kappa shape index (κ3) is 1.64. The van der Waals surface area contributed by atoms with E-state index in [0.717, 1.165) is 50.0 Å². The number of fused-ring (bicyclic) bond motifs is 3. The van der Waals surface area contributed by atoms with E-state index in [1.165, 1.54) is 14.2 Å². The van der Waals surface area contributed by atoms with Gasteiger partial charge < -0.3 is 14.6 Å². The minimum atomic E-state index is -1.78. The molecule has 7 rings (SSSR count). The topological polar surface area (TPSA) is 79.3 Å². The van der Waals surface area contributed by atoms with Gasteiger partial charge in [0.05, 0.1) is 19.9 Å². The van der Waals surface area contributed by atoms with E-state index in [0.29, 0.717) is 12.8 Å². The first-order valence-corrected chi connectivity index (χ1v) is 10.9. The lowest BCUT2D eigenvalue weighted by Crippen LogP contribution is -2.86. The van der Waals surface area contributed by atoms with Crippen molar-refractivity contribution in [3.05, 3.63) is 29.8 Å². The van der Waals surface area contributed by atoms with Crippen LogP contribution in [0.2, 0.25) is 0 Å². The number of hydrogen-bond donors (Lipinski definition) is 1. The Balaban J connectivity index is 1.73. The van der Waals surface area contributed by atoms with Crippen molar-refractivity contribution in [3.63, 3.8) is 0 Å². The average molecular weight is 412 g/mol. The fourth-order valence-corrected chi connectivity index (χ4v) is 8.68. The molecule has 1 amide bonds. The number of ether oxygens (including phenoxy) is 2. The minimum absolute atomic E-state index is 0.154. The van der Waals surface area contributed by atoms with Crippen LogP contribution in [0.4, 0.5) is 10.5 Å². The molecule has 7 heteroatoms. The van der Waals surface area contributed by atoms with Crippen LogP contribution in [0.25, 0.3) is 0 Å². The monoisotopic (exact) mass is 412 g/mol. The smallest absolute Gasteiger partial charge is 0.414 e. The van der Waals surface area contributed by atoms with E-state index in [1.54, 1.807) is 4.90 Å². The zero-order valence-corrected chi connectivity index (χ0v) is 17.5. The molecule has 3 aliphatic heterocycles. The lowest BCUT2D eigenvalue weighted by Gasteiger charge is -2.72. The second-order valence-corrected chi connectivity index (χ2v) is 9.84. The van der Waals surface area contributed by atoms with Crippen LogP contribution in [-0.4, -0.2) is 66.6 Å². The predicted molar refractivity (Wildman–Crippen MR) is 108 cm³/mol. The zero-order valence-electron chi connectivity index (χ0n) is 17.5. The van der Waals surface area contributed by atoms with Gasteiger partial charge in [0.15, 0.2) is 5.60 Å². The molecule has 1 N–H and O–H groups in total. The largest absolute Gasteiger partial charge is 0.467 e. The number of esters is 1. The highest BCUT2D eigenvalue weighted by atomic mass is 16.6. The molecule has 3 heterocycles. The van der Waals surface area contributed by atoms with Gasteiger partial charge in [-0.3, -0.25) is 9.80 Å². The SMILES string of the molecule is COC(=O)N1c2ccccc2C23CCN4CCCC5(CCC12[C@](O)(C(=O)OC)C5)[C@H]43. The normalized spacial score (nSPS) is 43.0. The fraction of sp³-hybridized carbons (Fsp3) is 0.652. The van der Waals surface area contributed by atoms with Gasteiger partial charge in [-0.2, -0.15) is 0 Å². The summed E-state index contributed by atoms with van der Waals surface area (Å²) in [5.41, 5.74) is -1.73. The molecule has 0 radical (unpaired) electrons. The summed E-state index contributed by atoms with van der Waals surface area (Å²) >= 11 is 0. The fourth-order valence-electron chi connectivity index (χ4n) is 8.68. The Bertz CT molecular complexity index is 967. The molecule has 5 atom stereocenters. The standard InChI is InChI=1S/C23H28N2O5/c1-29-18(26)22(28)14-20-8-5-12-24-13-11-21(17(20)24)15-6-3-4-7-16(15)25(19(27)30-2)23(21,22)10-9-20/h3-4,6-7,17,28H,5,8-14H2,1-2H3/t17-,20?,21?,22+,23?/m0/s1.